The second-order valence-electron chi connectivity index (χ2n) is 8.89. The van der Waals surface area contributed by atoms with Gasteiger partial charge >= 0.3 is 0 Å². The minimum absolute atomic E-state index is 0.174. The maximum atomic E-state index is 5.43. The van der Waals surface area contributed by atoms with Gasteiger partial charge < -0.3 is 9.78 Å². The van der Waals surface area contributed by atoms with Crippen LogP contribution in [0.4, 0.5) is 0 Å². The van der Waals surface area contributed by atoms with Crippen molar-refractivity contribution in [3.63, 3.8) is 0 Å². The Balaban J connectivity index is 3.08. The number of hydrogen-bond acceptors (Lipinski definition) is 6. The standard InChI is InChI=1S/C20H34O6/c1-13(2)17-15(21-25-23-19(5,6)7)11-12-16(18(17)14(3)4)22-26-24-20(8,9)10/h11-14H,1-10H3. The number of hydrogen-bond donors (Lipinski definition) is 0. The average molecular weight is 370 g/mol. The van der Waals surface area contributed by atoms with Crippen LogP contribution >= 0.6 is 0 Å². The van der Waals surface area contributed by atoms with Crippen LogP contribution in [-0.2, 0) is 19.9 Å². The summed E-state index contributed by atoms with van der Waals surface area (Å²) >= 11 is 0. The van der Waals surface area contributed by atoms with Crippen molar-refractivity contribution in [1.29, 1.82) is 0 Å². The molecule has 0 amide bonds. The van der Waals surface area contributed by atoms with Crippen LogP contribution in [0, 0.1) is 0 Å². The van der Waals surface area contributed by atoms with Crippen molar-refractivity contribution >= 4 is 0 Å². The van der Waals surface area contributed by atoms with Crippen LogP contribution in [-0.4, -0.2) is 11.2 Å². The average Bonchev–Trinajstić information content (AvgIpc) is 2.44. The molecule has 0 heterocycles. The highest BCUT2D eigenvalue weighted by atomic mass is 17.5. The Labute approximate surface area is 157 Å². The van der Waals surface area contributed by atoms with Gasteiger partial charge in [-0.1, -0.05) is 27.7 Å². The van der Waals surface area contributed by atoms with E-state index in [0.29, 0.717) is 11.5 Å². The highest BCUT2D eigenvalue weighted by Gasteiger charge is 2.23. The Bertz CT molecular complexity index is 516. The molecule has 1 rings (SSSR count). The second-order valence-corrected chi connectivity index (χ2v) is 8.89. The minimum Gasteiger partial charge on any atom is -0.308 e. The summed E-state index contributed by atoms with van der Waals surface area (Å²) in [5.74, 6) is 1.51. The molecule has 0 aliphatic rings. The van der Waals surface area contributed by atoms with E-state index < -0.39 is 11.2 Å². The maximum Gasteiger partial charge on any atom is 0.172 e. The zero-order valence-corrected chi connectivity index (χ0v) is 17.8. The molecule has 0 aromatic heterocycles. The first-order chi connectivity index (χ1) is 11.8. The summed E-state index contributed by atoms with van der Waals surface area (Å²) in [5.41, 5.74) is 0.990. The molecule has 0 saturated heterocycles. The number of rotatable bonds is 8. The molecule has 6 nitrogen and oxygen atoms in total. The predicted molar refractivity (Wildman–Crippen MR) is 99.7 cm³/mol. The van der Waals surface area contributed by atoms with Crippen molar-refractivity contribution in [1.82, 2.24) is 0 Å². The molecular weight excluding hydrogens is 336 g/mol. The van der Waals surface area contributed by atoms with Crippen molar-refractivity contribution in [2.24, 2.45) is 0 Å². The first-order valence-electron chi connectivity index (χ1n) is 9.03. The lowest BCUT2D eigenvalue weighted by molar-refractivity contribution is -0.498. The molecule has 0 spiro atoms. The minimum atomic E-state index is -0.472. The van der Waals surface area contributed by atoms with E-state index in [1.165, 1.54) is 0 Å². The van der Waals surface area contributed by atoms with Gasteiger partial charge in [-0.05, 0) is 75.6 Å². The lowest BCUT2D eigenvalue weighted by Crippen LogP contribution is -2.21. The lowest BCUT2D eigenvalue weighted by Gasteiger charge is -2.23. The smallest absolute Gasteiger partial charge is 0.172 e. The van der Waals surface area contributed by atoms with E-state index in [9.17, 15) is 0 Å². The van der Waals surface area contributed by atoms with E-state index in [1.54, 1.807) is 12.1 Å². The Kier molecular flexibility index (Phi) is 7.89. The Hall–Kier alpha value is -1.34. The van der Waals surface area contributed by atoms with Crippen molar-refractivity contribution in [3.8, 4) is 11.5 Å². The van der Waals surface area contributed by atoms with E-state index in [2.05, 4.69) is 27.7 Å². The highest BCUT2D eigenvalue weighted by Crippen LogP contribution is 2.40. The Morgan fingerprint density at radius 2 is 0.923 bits per heavy atom. The van der Waals surface area contributed by atoms with E-state index in [1.807, 2.05) is 41.5 Å². The Morgan fingerprint density at radius 1 is 0.615 bits per heavy atom. The molecule has 0 aliphatic heterocycles. The molecule has 26 heavy (non-hydrogen) atoms. The zero-order valence-electron chi connectivity index (χ0n) is 17.8. The summed E-state index contributed by atoms with van der Waals surface area (Å²) in [4.78, 5) is 21.3. The first-order valence-corrected chi connectivity index (χ1v) is 9.03. The largest absolute Gasteiger partial charge is 0.308 e. The quantitative estimate of drug-likeness (QED) is 0.412. The molecule has 0 radical (unpaired) electrons. The summed E-state index contributed by atoms with van der Waals surface area (Å²) in [5, 5.41) is 9.96. The van der Waals surface area contributed by atoms with Gasteiger partial charge in [0.1, 0.15) is 0 Å². The first kappa shape index (κ1) is 22.7. The SMILES string of the molecule is CC(C)c1c(OOOC(C)(C)C)ccc(OOOC(C)(C)C)c1C(C)C. The van der Waals surface area contributed by atoms with Crippen LogP contribution in [0.2, 0.25) is 0 Å². The zero-order chi connectivity index (χ0) is 20.1. The van der Waals surface area contributed by atoms with Crippen molar-refractivity contribution in [3.05, 3.63) is 23.3 Å². The molecule has 0 unspecified atom stereocenters. The van der Waals surface area contributed by atoms with Gasteiger partial charge in [0, 0.05) is 11.1 Å². The fraction of sp³-hybridized carbons (Fsp3) is 0.700. The molecule has 150 valence electrons. The monoisotopic (exact) mass is 370 g/mol. The van der Waals surface area contributed by atoms with Crippen molar-refractivity contribution in [2.75, 3.05) is 0 Å². The van der Waals surface area contributed by atoms with Gasteiger partial charge in [-0.2, -0.15) is 9.78 Å². The third kappa shape index (κ3) is 7.50. The maximum absolute atomic E-state index is 5.43. The van der Waals surface area contributed by atoms with Crippen LogP contribution in [0.5, 0.6) is 11.5 Å². The van der Waals surface area contributed by atoms with Gasteiger partial charge in [0.25, 0.3) is 0 Å². The van der Waals surface area contributed by atoms with E-state index in [-0.39, 0.29) is 11.8 Å². The molecule has 0 bridgehead atoms. The van der Waals surface area contributed by atoms with Crippen LogP contribution in [0.1, 0.15) is 92.2 Å². The molecule has 6 heteroatoms. The van der Waals surface area contributed by atoms with Gasteiger partial charge in [0.05, 0.1) is 11.2 Å². The summed E-state index contributed by atoms with van der Waals surface area (Å²) < 4.78 is 0. The summed E-state index contributed by atoms with van der Waals surface area (Å²) in [6.07, 6.45) is 0. The third-order valence-corrected chi connectivity index (χ3v) is 3.18. The molecule has 1 aromatic carbocycles. The van der Waals surface area contributed by atoms with E-state index in [4.69, 9.17) is 29.6 Å². The molecule has 0 N–H and O–H groups in total. The predicted octanol–water partition coefficient (Wildman–Crippen LogP) is 6.01. The highest BCUT2D eigenvalue weighted by molar-refractivity contribution is 5.51. The molecule has 0 fully saturated rings. The third-order valence-electron chi connectivity index (χ3n) is 3.18. The fourth-order valence-electron chi connectivity index (χ4n) is 2.24. The fourth-order valence-corrected chi connectivity index (χ4v) is 2.24. The van der Waals surface area contributed by atoms with Gasteiger partial charge in [0.15, 0.2) is 11.5 Å². The number of benzene rings is 1. The van der Waals surface area contributed by atoms with Crippen molar-refractivity contribution < 1.29 is 29.6 Å². The van der Waals surface area contributed by atoms with Crippen molar-refractivity contribution in [2.45, 2.75) is 92.3 Å². The van der Waals surface area contributed by atoms with Crippen LogP contribution in [0.25, 0.3) is 0 Å². The van der Waals surface area contributed by atoms with Gasteiger partial charge in [-0.15, -0.1) is 0 Å². The van der Waals surface area contributed by atoms with E-state index in [0.717, 1.165) is 11.1 Å². The lowest BCUT2D eigenvalue weighted by atomic mass is 9.89. The van der Waals surface area contributed by atoms with Crippen LogP contribution in [0.3, 0.4) is 0 Å². The topological polar surface area (TPSA) is 55.4 Å². The van der Waals surface area contributed by atoms with Crippen LogP contribution in [0.15, 0.2) is 12.1 Å². The van der Waals surface area contributed by atoms with Gasteiger partial charge in [-0.25, -0.2) is 0 Å². The van der Waals surface area contributed by atoms with Gasteiger partial charge in [-0.3, -0.25) is 0 Å². The van der Waals surface area contributed by atoms with Crippen LogP contribution < -0.4 is 9.78 Å². The molecule has 1 aromatic rings. The summed E-state index contributed by atoms with van der Waals surface area (Å²) in [6, 6.07) is 3.53. The Morgan fingerprint density at radius 3 is 1.15 bits per heavy atom. The summed E-state index contributed by atoms with van der Waals surface area (Å²) in [7, 11) is 0. The molecule has 0 aliphatic carbocycles. The second kappa shape index (κ2) is 9.04. The normalized spacial score (nSPS) is 12.8. The molecule has 0 saturated carbocycles. The molecule has 0 atom stereocenters. The van der Waals surface area contributed by atoms with Gasteiger partial charge in [0.2, 0.25) is 0 Å². The summed E-state index contributed by atoms with van der Waals surface area (Å²) in [6.45, 7) is 19.6. The molecular formula is C20H34O6. The van der Waals surface area contributed by atoms with E-state index >= 15 is 0 Å².